The highest BCUT2D eigenvalue weighted by Crippen LogP contribution is 2.43. The number of pyridine rings is 1. The topological polar surface area (TPSA) is 116 Å². The molecule has 0 aliphatic carbocycles. The summed E-state index contributed by atoms with van der Waals surface area (Å²) < 4.78 is 5.72. The summed E-state index contributed by atoms with van der Waals surface area (Å²) in [5.41, 5.74) is 7.97. The van der Waals surface area contributed by atoms with E-state index in [0.29, 0.717) is 45.1 Å². The van der Waals surface area contributed by atoms with Crippen LogP contribution in [0.2, 0.25) is 0 Å². The van der Waals surface area contributed by atoms with Crippen molar-refractivity contribution in [1.82, 2.24) is 25.0 Å². The molecule has 4 aliphatic heterocycles. The Bertz CT molecular complexity index is 2040. The Balaban J connectivity index is 0.864. The van der Waals surface area contributed by atoms with Gasteiger partial charge in [0.15, 0.2) is 0 Å². The second-order valence-electron chi connectivity index (χ2n) is 14.3. The van der Waals surface area contributed by atoms with Crippen molar-refractivity contribution in [1.29, 1.82) is 0 Å². The molecule has 52 heavy (non-hydrogen) atoms. The highest BCUT2D eigenvalue weighted by Gasteiger charge is 2.51. The number of fused-ring (bicyclic) bond motifs is 1. The first kappa shape index (κ1) is 34.2. The third kappa shape index (κ3) is 6.72. The van der Waals surface area contributed by atoms with Crippen molar-refractivity contribution < 1.29 is 14.3 Å². The largest absolute Gasteiger partial charge is 0.475 e. The van der Waals surface area contributed by atoms with Crippen LogP contribution in [0.5, 0.6) is 5.88 Å². The van der Waals surface area contributed by atoms with E-state index in [-0.39, 0.29) is 17.9 Å². The molecule has 2 fully saturated rings. The predicted molar refractivity (Wildman–Crippen MR) is 205 cm³/mol. The number of anilines is 2. The van der Waals surface area contributed by atoms with Crippen molar-refractivity contribution in [2.75, 3.05) is 56.0 Å². The summed E-state index contributed by atoms with van der Waals surface area (Å²) in [5, 5.41) is 13.4. The molecule has 2 amide bonds. The Kier molecular flexibility index (Phi) is 9.35. The van der Waals surface area contributed by atoms with Crippen LogP contribution in [0.4, 0.5) is 10.8 Å². The lowest BCUT2D eigenvalue weighted by Crippen LogP contribution is -2.43. The molecule has 8 rings (SSSR count). The maximum atomic E-state index is 14.1. The zero-order valence-electron chi connectivity index (χ0n) is 30.0. The monoisotopic (exact) mass is 716 g/mol. The Morgan fingerprint density at radius 1 is 1.00 bits per heavy atom. The second-order valence-corrected chi connectivity index (χ2v) is 15.3. The number of nitrogens with zero attached hydrogens (tertiary/aromatic N) is 7. The van der Waals surface area contributed by atoms with E-state index in [4.69, 9.17) is 9.73 Å². The molecule has 6 heterocycles. The van der Waals surface area contributed by atoms with Crippen molar-refractivity contribution in [2.45, 2.75) is 52.7 Å². The molecule has 1 spiro atoms. The Hall–Kier alpha value is -4.94. The highest BCUT2D eigenvalue weighted by atomic mass is 32.1. The Morgan fingerprint density at radius 2 is 1.81 bits per heavy atom. The van der Waals surface area contributed by atoms with Crippen molar-refractivity contribution >= 4 is 45.3 Å². The lowest BCUT2D eigenvalue weighted by atomic mass is 9.85. The van der Waals surface area contributed by atoms with Gasteiger partial charge >= 0.3 is 0 Å². The summed E-state index contributed by atoms with van der Waals surface area (Å²) in [6.07, 6.45) is 6.42. The Morgan fingerprint density at radius 3 is 2.56 bits per heavy atom. The molecule has 11 nitrogen and oxygen atoms in total. The summed E-state index contributed by atoms with van der Waals surface area (Å²) in [4.78, 5) is 42.9. The van der Waals surface area contributed by atoms with Crippen LogP contribution in [0, 0.1) is 5.41 Å². The molecule has 1 atom stereocenters. The molecule has 2 saturated heterocycles. The van der Waals surface area contributed by atoms with E-state index in [9.17, 15) is 9.59 Å². The molecule has 2 aromatic heterocycles. The quantitative estimate of drug-likeness (QED) is 0.215. The van der Waals surface area contributed by atoms with Crippen molar-refractivity contribution in [3.63, 3.8) is 0 Å². The summed E-state index contributed by atoms with van der Waals surface area (Å²) >= 11 is 1.55. The molecule has 4 aliphatic rings. The number of rotatable bonds is 10. The third-order valence-corrected chi connectivity index (χ3v) is 11.5. The van der Waals surface area contributed by atoms with Gasteiger partial charge in [-0.25, -0.2) is 4.98 Å². The predicted octanol–water partition coefficient (Wildman–Crippen LogP) is 5.91. The second kappa shape index (κ2) is 14.2. The first-order chi connectivity index (χ1) is 25.3. The maximum absolute atomic E-state index is 14.1. The van der Waals surface area contributed by atoms with E-state index in [2.05, 4.69) is 67.9 Å². The zero-order valence-corrected chi connectivity index (χ0v) is 30.8. The fraction of sp³-hybridized carbons (Fsp3) is 0.400. The van der Waals surface area contributed by atoms with Crippen LogP contribution in [-0.2, 0) is 16.1 Å². The number of nitrogens with one attached hydrogen (secondary N) is 1. The highest BCUT2D eigenvalue weighted by molar-refractivity contribution is 7.18. The smallest absolute Gasteiger partial charge is 0.237 e. The average Bonchev–Trinajstić information content (AvgIpc) is 3.96. The number of benzene rings is 2. The van der Waals surface area contributed by atoms with Gasteiger partial charge in [-0.1, -0.05) is 47.7 Å². The minimum atomic E-state index is -0.448. The molecule has 268 valence electrons. The number of likely N-dealkylation sites (tertiary alicyclic amines) is 1. The van der Waals surface area contributed by atoms with Gasteiger partial charge in [-0.15, -0.1) is 10.2 Å². The van der Waals surface area contributed by atoms with Crippen molar-refractivity contribution in [3.8, 4) is 16.5 Å². The van der Waals surface area contributed by atoms with Gasteiger partial charge in [-0.2, -0.15) is 0 Å². The molecule has 0 saturated carbocycles. The van der Waals surface area contributed by atoms with Crippen LogP contribution in [-0.4, -0.2) is 94.4 Å². The number of carbonyl (C=O) groups excluding carboxylic acids is 2. The summed E-state index contributed by atoms with van der Waals surface area (Å²) in [6.45, 7) is 11.1. The number of ether oxygens (including phenoxy) is 1. The Labute approximate surface area is 308 Å². The summed E-state index contributed by atoms with van der Waals surface area (Å²) in [7, 11) is 0. The van der Waals surface area contributed by atoms with Crippen molar-refractivity contribution in [2.24, 2.45) is 10.4 Å². The third-order valence-electron chi connectivity index (χ3n) is 10.6. The minimum absolute atomic E-state index is 0.0570. The number of aromatic nitrogens is 3. The van der Waals surface area contributed by atoms with Crippen LogP contribution in [0.3, 0.4) is 0 Å². The lowest BCUT2D eigenvalue weighted by Gasteiger charge is -2.29. The summed E-state index contributed by atoms with van der Waals surface area (Å²) in [6, 6.07) is 18.6. The molecule has 2 aromatic carbocycles. The SMILES string of the molecule is CCNc1nnc(-c2ccc(C3=CCN(C(=O)CN4CC[C@]5(CCN(c6ccc7c(c6)C(c6ccc(OC(C)C)nc6)=NC7)C5=O)C4)CC3)cc2)s1. The van der Waals surface area contributed by atoms with Gasteiger partial charge in [0.2, 0.25) is 22.8 Å². The minimum Gasteiger partial charge on any atom is -0.475 e. The van der Waals surface area contributed by atoms with E-state index in [0.717, 1.165) is 76.1 Å². The first-order valence-corrected chi connectivity index (χ1v) is 19.1. The zero-order chi connectivity index (χ0) is 35.8. The fourth-order valence-electron chi connectivity index (χ4n) is 7.80. The lowest BCUT2D eigenvalue weighted by molar-refractivity contribution is -0.132. The number of hydrogen-bond acceptors (Lipinski definition) is 10. The molecule has 0 bridgehead atoms. The molecule has 4 aromatic rings. The van der Waals surface area contributed by atoms with Crippen LogP contribution in [0.15, 0.2) is 71.9 Å². The molecule has 12 heteroatoms. The van der Waals surface area contributed by atoms with Crippen LogP contribution < -0.4 is 15.0 Å². The van der Waals surface area contributed by atoms with Gasteiger partial charge in [-0.3, -0.25) is 19.5 Å². The maximum Gasteiger partial charge on any atom is 0.237 e. The average molecular weight is 717 g/mol. The number of amides is 2. The van der Waals surface area contributed by atoms with Crippen LogP contribution >= 0.6 is 11.3 Å². The standard InChI is InChI=1S/C40H44N8O3S/c1-4-41-39-45-44-37(52-39)29-7-5-27(6-8-29)28-13-17-47(18-14-28)35(49)24-46-19-15-40(25-46)16-20-48(38(40)50)32-11-9-30-22-43-36(33(30)21-32)31-10-12-34(42-23-31)51-26(2)3/h5-13,21,23,26H,4,14-20,22,24-25H2,1-3H3,(H,41,45)/t40-/m0/s1. The van der Waals surface area contributed by atoms with Crippen LogP contribution in [0.25, 0.3) is 16.1 Å². The van der Waals surface area contributed by atoms with E-state index in [1.54, 1.807) is 11.3 Å². The van der Waals surface area contributed by atoms with Gasteiger partial charge in [-0.05, 0) is 81.5 Å². The van der Waals surface area contributed by atoms with Crippen LogP contribution in [0.1, 0.15) is 62.3 Å². The molecule has 0 unspecified atom stereocenters. The van der Waals surface area contributed by atoms with E-state index in [1.807, 2.05) is 55.0 Å². The van der Waals surface area contributed by atoms with Crippen molar-refractivity contribution in [3.05, 3.63) is 89.1 Å². The van der Waals surface area contributed by atoms with Gasteiger partial charge in [0.25, 0.3) is 0 Å². The van der Waals surface area contributed by atoms with Gasteiger partial charge in [0.1, 0.15) is 5.01 Å². The van der Waals surface area contributed by atoms with E-state index in [1.165, 1.54) is 11.1 Å². The van der Waals surface area contributed by atoms with E-state index < -0.39 is 5.41 Å². The number of hydrogen-bond donors (Lipinski definition) is 1. The van der Waals surface area contributed by atoms with E-state index >= 15 is 0 Å². The number of carbonyl (C=O) groups is 2. The molecular formula is C40H44N8O3S. The summed E-state index contributed by atoms with van der Waals surface area (Å²) in [5.74, 6) is 0.883. The first-order valence-electron chi connectivity index (χ1n) is 18.3. The van der Waals surface area contributed by atoms with Gasteiger partial charge in [0, 0.05) is 67.4 Å². The molecule has 0 radical (unpaired) electrons. The fourth-order valence-corrected chi connectivity index (χ4v) is 8.61. The molecule has 1 N–H and O–H groups in total. The number of aliphatic imine (C=N–C) groups is 1. The van der Waals surface area contributed by atoms with Gasteiger partial charge in [0.05, 0.1) is 30.3 Å². The normalized spacial score (nSPS) is 20.1. The molecular weight excluding hydrogens is 673 g/mol. The van der Waals surface area contributed by atoms with Gasteiger partial charge < -0.3 is 19.9 Å².